The van der Waals surface area contributed by atoms with E-state index in [1.807, 2.05) is 0 Å². The number of hydrogen-bond donors (Lipinski definition) is 1. The van der Waals surface area contributed by atoms with Gasteiger partial charge in [0.15, 0.2) is 9.84 Å². The van der Waals surface area contributed by atoms with Crippen molar-refractivity contribution in [3.8, 4) is 0 Å². The molecule has 1 N–H and O–H groups in total. The van der Waals surface area contributed by atoms with Gasteiger partial charge in [-0.15, -0.1) is 0 Å². The Hall–Kier alpha value is -1.44. The zero-order valence-electron chi connectivity index (χ0n) is 12.2. The van der Waals surface area contributed by atoms with Crippen LogP contribution in [0.1, 0.15) is 22.3 Å². The lowest BCUT2D eigenvalue weighted by Gasteiger charge is -2.08. The Kier molecular flexibility index (Phi) is 6.80. The molecule has 0 heterocycles. The molecule has 0 unspecified atom stereocenters. The fourth-order valence-corrected chi connectivity index (χ4v) is 2.86. The summed E-state index contributed by atoms with van der Waals surface area (Å²) in [5.41, 5.74) is 0.523. The number of carboxylic acid groups (broad SMARTS) is 1. The lowest BCUT2D eigenvalue weighted by atomic mass is 10.1. The molecule has 0 amide bonds. The summed E-state index contributed by atoms with van der Waals surface area (Å²) >= 11 is 0. The molecule has 0 aliphatic heterocycles. The van der Waals surface area contributed by atoms with Gasteiger partial charge in [-0.1, -0.05) is 6.07 Å². The Morgan fingerprint density at radius 1 is 1.24 bits per heavy atom. The average Bonchev–Trinajstić information content (AvgIpc) is 2.42. The summed E-state index contributed by atoms with van der Waals surface area (Å²) < 4.78 is 34.3. The van der Waals surface area contributed by atoms with Crippen LogP contribution in [0, 0.1) is 6.92 Å². The predicted octanol–water partition coefficient (Wildman–Crippen LogP) is 1.52. The second-order valence-corrected chi connectivity index (χ2v) is 6.67. The number of sulfone groups is 1. The molecule has 6 nitrogen and oxygen atoms in total. The van der Waals surface area contributed by atoms with E-state index < -0.39 is 15.8 Å². The van der Waals surface area contributed by atoms with E-state index in [2.05, 4.69) is 0 Å². The van der Waals surface area contributed by atoms with Crippen LogP contribution in [0.5, 0.6) is 0 Å². The minimum atomic E-state index is -3.55. The maximum Gasteiger partial charge on any atom is 0.335 e. The number of aryl methyl sites for hydroxylation is 1. The first-order valence-corrected chi connectivity index (χ1v) is 8.17. The van der Waals surface area contributed by atoms with E-state index in [9.17, 15) is 13.2 Å². The summed E-state index contributed by atoms with van der Waals surface area (Å²) in [6, 6.07) is 4.11. The van der Waals surface area contributed by atoms with E-state index in [0.717, 1.165) is 0 Å². The Morgan fingerprint density at radius 3 is 2.57 bits per heavy atom. The molecule has 0 aromatic heterocycles. The van der Waals surface area contributed by atoms with Crippen LogP contribution in [0.25, 0.3) is 0 Å². The van der Waals surface area contributed by atoms with Crippen LogP contribution < -0.4 is 0 Å². The van der Waals surface area contributed by atoms with Gasteiger partial charge in [-0.3, -0.25) is 0 Å². The van der Waals surface area contributed by atoms with Crippen LogP contribution in [0.2, 0.25) is 0 Å². The molecule has 1 aromatic carbocycles. The Balaban J connectivity index is 2.66. The highest BCUT2D eigenvalue weighted by Crippen LogP contribution is 2.17. The van der Waals surface area contributed by atoms with Crippen molar-refractivity contribution in [2.45, 2.75) is 18.2 Å². The molecular formula is C14H20O6S. The van der Waals surface area contributed by atoms with Gasteiger partial charge in [0.25, 0.3) is 0 Å². The number of ether oxygens (including phenoxy) is 2. The quantitative estimate of drug-likeness (QED) is 0.695. The van der Waals surface area contributed by atoms with Gasteiger partial charge in [0.05, 0.1) is 22.8 Å². The zero-order valence-corrected chi connectivity index (χ0v) is 13.0. The van der Waals surface area contributed by atoms with Crippen LogP contribution in [0.4, 0.5) is 0 Å². The molecule has 0 saturated carbocycles. The maximum atomic E-state index is 12.1. The molecule has 21 heavy (non-hydrogen) atoms. The molecule has 0 bridgehead atoms. The van der Waals surface area contributed by atoms with Gasteiger partial charge in [0.2, 0.25) is 0 Å². The SMILES string of the molecule is COCCCOCCS(=O)(=O)c1ccc(C)c(C(=O)O)c1. The van der Waals surface area contributed by atoms with Crippen molar-refractivity contribution in [3.63, 3.8) is 0 Å². The van der Waals surface area contributed by atoms with E-state index in [1.54, 1.807) is 14.0 Å². The lowest BCUT2D eigenvalue weighted by molar-refractivity contribution is 0.0696. The second-order valence-electron chi connectivity index (χ2n) is 4.56. The van der Waals surface area contributed by atoms with E-state index in [0.29, 0.717) is 25.2 Å². The molecule has 0 saturated heterocycles. The van der Waals surface area contributed by atoms with Gasteiger partial charge in [-0.25, -0.2) is 13.2 Å². The van der Waals surface area contributed by atoms with Crippen LogP contribution in [0.15, 0.2) is 23.1 Å². The number of hydrogen-bond acceptors (Lipinski definition) is 5. The molecule has 0 radical (unpaired) electrons. The van der Waals surface area contributed by atoms with E-state index in [1.165, 1.54) is 18.2 Å². The van der Waals surface area contributed by atoms with Gasteiger partial charge >= 0.3 is 5.97 Å². The van der Waals surface area contributed by atoms with Crippen molar-refractivity contribution >= 4 is 15.8 Å². The number of carbonyl (C=O) groups is 1. The van der Waals surface area contributed by atoms with Crippen molar-refractivity contribution in [1.82, 2.24) is 0 Å². The summed E-state index contributed by atoms with van der Waals surface area (Å²) in [5.74, 6) is -1.32. The van der Waals surface area contributed by atoms with Crippen LogP contribution in [-0.2, 0) is 19.3 Å². The number of methoxy groups -OCH3 is 1. The first-order valence-electron chi connectivity index (χ1n) is 6.52. The van der Waals surface area contributed by atoms with Crippen molar-refractivity contribution in [2.24, 2.45) is 0 Å². The molecule has 1 rings (SSSR count). The van der Waals surface area contributed by atoms with Gasteiger partial charge in [0, 0.05) is 20.3 Å². The molecule has 0 spiro atoms. The first-order chi connectivity index (χ1) is 9.88. The monoisotopic (exact) mass is 316 g/mol. The average molecular weight is 316 g/mol. The summed E-state index contributed by atoms with van der Waals surface area (Å²) in [7, 11) is -1.96. The van der Waals surface area contributed by atoms with E-state index in [-0.39, 0.29) is 22.8 Å². The Labute approximate surface area is 124 Å². The summed E-state index contributed by atoms with van der Waals surface area (Å²) in [6.45, 7) is 2.69. The summed E-state index contributed by atoms with van der Waals surface area (Å²) in [4.78, 5) is 11.0. The van der Waals surface area contributed by atoms with Gasteiger partial charge in [-0.05, 0) is 31.0 Å². The molecule has 0 fully saturated rings. The minimum absolute atomic E-state index is 0.00270. The predicted molar refractivity (Wildman–Crippen MR) is 77.5 cm³/mol. The van der Waals surface area contributed by atoms with Gasteiger partial charge in [0.1, 0.15) is 0 Å². The van der Waals surface area contributed by atoms with Crippen LogP contribution in [0.3, 0.4) is 0 Å². The van der Waals surface area contributed by atoms with Gasteiger partial charge in [-0.2, -0.15) is 0 Å². The van der Waals surface area contributed by atoms with Crippen molar-refractivity contribution in [2.75, 3.05) is 32.7 Å². The Bertz CT molecular complexity index is 579. The largest absolute Gasteiger partial charge is 0.478 e. The lowest BCUT2D eigenvalue weighted by Crippen LogP contribution is -2.14. The highest BCUT2D eigenvalue weighted by Gasteiger charge is 2.17. The first kappa shape index (κ1) is 17.6. The number of aromatic carboxylic acids is 1. The third kappa shape index (κ3) is 5.45. The van der Waals surface area contributed by atoms with Gasteiger partial charge < -0.3 is 14.6 Å². The zero-order chi connectivity index (χ0) is 15.9. The molecular weight excluding hydrogens is 296 g/mol. The molecule has 0 atom stereocenters. The normalized spacial score (nSPS) is 11.5. The van der Waals surface area contributed by atoms with Crippen molar-refractivity contribution < 1.29 is 27.8 Å². The molecule has 1 aromatic rings. The molecule has 0 aliphatic rings. The topological polar surface area (TPSA) is 89.9 Å². The fraction of sp³-hybridized carbons (Fsp3) is 0.500. The standard InChI is InChI=1S/C14H20O6S/c1-11-4-5-12(10-13(11)14(15)16)21(17,18)9-8-20-7-3-6-19-2/h4-5,10H,3,6-9H2,1-2H3,(H,15,16). The number of carboxylic acids is 1. The van der Waals surface area contributed by atoms with Crippen LogP contribution in [-0.4, -0.2) is 52.2 Å². The minimum Gasteiger partial charge on any atom is -0.478 e. The second kappa shape index (κ2) is 8.11. The number of rotatable bonds is 9. The van der Waals surface area contributed by atoms with E-state index >= 15 is 0 Å². The summed E-state index contributed by atoms with van der Waals surface area (Å²) in [5, 5.41) is 9.02. The third-order valence-corrected chi connectivity index (χ3v) is 4.61. The highest BCUT2D eigenvalue weighted by atomic mass is 32.2. The van der Waals surface area contributed by atoms with Crippen molar-refractivity contribution in [3.05, 3.63) is 29.3 Å². The molecule has 7 heteroatoms. The Morgan fingerprint density at radius 2 is 1.95 bits per heavy atom. The highest BCUT2D eigenvalue weighted by molar-refractivity contribution is 7.91. The fourth-order valence-electron chi connectivity index (χ4n) is 1.72. The number of benzene rings is 1. The molecule has 0 aliphatic carbocycles. The smallest absolute Gasteiger partial charge is 0.335 e. The maximum absolute atomic E-state index is 12.1. The summed E-state index contributed by atoms with van der Waals surface area (Å²) in [6.07, 6.45) is 0.699. The molecule has 118 valence electrons. The third-order valence-electron chi connectivity index (χ3n) is 2.93. The van der Waals surface area contributed by atoms with Crippen LogP contribution >= 0.6 is 0 Å². The van der Waals surface area contributed by atoms with E-state index in [4.69, 9.17) is 14.6 Å². The van der Waals surface area contributed by atoms with Crippen molar-refractivity contribution in [1.29, 1.82) is 0 Å².